The number of ether oxygens (including phenoxy) is 1. The Morgan fingerprint density at radius 1 is 1.53 bits per heavy atom. The third kappa shape index (κ3) is 1.88. The van der Waals surface area contributed by atoms with Gasteiger partial charge in [-0.05, 0) is 24.6 Å². The highest BCUT2D eigenvalue weighted by Crippen LogP contribution is 2.57. The largest absolute Gasteiger partial charge is 0.386 e. The summed E-state index contributed by atoms with van der Waals surface area (Å²) in [6.45, 7) is 0.750. The van der Waals surface area contributed by atoms with E-state index in [1.807, 2.05) is 0 Å². The third-order valence-corrected chi connectivity index (χ3v) is 3.70. The normalized spacial score (nSPS) is 29.1. The molecule has 4 N–H and O–H groups in total. The number of nitrogens with zero attached hydrogens (tertiary/aromatic N) is 1. The lowest BCUT2D eigenvalue weighted by atomic mass is 9.99. The molecular formula is C13H14FN3O2. The van der Waals surface area contributed by atoms with Crippen LogP contribution in [-0.2, 0) is 10.3 Å². The topological polar surface area (TPSA) is 90.7 Å². The molecule has 1 amide bonds. The number of halogens is 1. The number of primary amides is 1. The molecule has 5 nitrogen and oxygen atoms in total. The van der Waals surface area contributed by atoms with Gasteiger partial charge in [-0.25, -0.2) is 4.39 Å². The first-order valence-corrected chi connectivity index (χ1v) is 6.05. The number of amidine groups is 1. The van der Waals surface area contributed by atoms with Gasteiger partial charge in [-0.3, -0.25) is 9.79 Å². The lowest BCUT2D eigenvalue weighted by molar-refractivity contribution is 0.1000. The molecule has 6 heteroatoms. The highest BCUT2D eigenvalue weighted by Gasteiger charge is 2.58. The van der Waals surface area contributed by atoms with Crippen LogP contribution < -0.4 is 11.5 Å². The van der Waals surface area contributed by atoms with Gasteiger partial charge in [0.25, 0.3) is 0 Å². The second-order valence-corrected chi connectivity index (χ2v) is 5.00. The number of nitrogens with two attached hydrogens (primary N) is 2. The highest BCUT2D eigenvalue weighted by molar-refractivity contribution is 5.93. The van der Waals surface area contributed by atoms with Gasteiger partial charge in [0, 0.05) is 17.0 Å². The molecule has 0 unspecified atom stereocenters. The Balaban J connectivity index is 2.09. The maximum atomic E-state index is 14.0. The van der Waals surface area contributed by atoms with Gasteiger partial charge in [0.15, 0.2) is 0 Å². The van der Waals surface area contributed by atoms with Gasteiger partial charge in [-0.2, -0.15) is 0 Å². The van der Waals surface area contributed by atoms with Gasteiger partial charge in [-0.15, -0.1) is 0 Å². The molecule has 0 radical (unpaired) electrons. The third-order valence-electron chi connectivity index (χ3n) is 3.70. The molecule has 1 aromatic carbocycles. The molecule has 2 aliphatic rings. The molecule has 1 fully saturated rings. The van der Waals surface area contributed by atoms with Crippen LogP contribution in [0.5, 0.6) is 0 Å². The first kappa shape index (κ1) is 12.1. The summed E-state index contributed by atoms with van der Waals surface area (Å²) in [5.41, 5.74) is 10.9. The summed E-state index contributed by atoms with van der Waals surface area (Å²) in [6, 6.07) is 4.09. The number of carbonyl (C=O) groups excluding carboxylic acids is 1. The number of carbonyl (C=O) groups is 1. The predicted molar refractivity (Wildman–Crippen MR) is 67.1 cm³/mol. The standard InChI is InChI=1S/C13H14FN3O2/c14-10-2-1-7(12(16)18)3-9(10)13-4-8(13)5-19-6-11(15)17-13/h1-3,8H,4-6H2,(H2,15,17)(H2,16,18)/t8-,13+/m1/s1. The quantitative estimate of drug-likeness (QED) is 0.815. The lowest BCUT2D eigenvalue weighted by Gasteiger charge is -2.14. The van der Waals surface area contributed by atoms with E-state index in [4.69, 9.17) is 16.2 Å². The monoisotopic (exact) mass is 263 g/mol. The summed E-state index contributed by atoms with van der Waals surface area (Å²) in [7, 11) is 0. The van der Waals surface area contributed by atoms with Crippen molar-refractivity contribution in [3.63, 3.8) is 0 Å². The second-order valence-electron chi connectivity index (χ2n) is 5.00. The van der Waals surface area contributed by atoms with Crippen molar-refractivity contribution in [3.05, 3.63) is 35.1 Å². The van der Waals surface area contributed by atoms with Gasteiger partial charge < -0.3 is 16.2 Å². The molecule has 0 spiro atoms. The molecule has 2 atom stereocenters. The molecule has 1 heterocycles. The maximum Gasteiger partial charge on any atom is 0.248 e. The minimum absolute atomic E-state index is 0.103. The van der Waals surface area contributed by atoms with Crippen LogP contribution in [0.15, 0.2) is 23.2 Å². The molecule has 1 aromatic rings. The lowest BCUT2D eigenvalue weighted by Crippen LogP contribution is -2.21. The average molecular weight is 263 g/mol. The van der Waals surface area contributed by atoms with Crippen molar-refractivity contribution in [1.29, 1.82) is 0 Å². The van der Waals surface area contributed by atoms with Gasteiger partial charge in [0.2, 0.25) is 5.91 Å². The van der Waals surface area contributed by atoms with Crippen molar-refractivity contribution < 1.29 is 13.9 Å². The van der Waals surface area contributed by atoms with Crippen LogP contribution in [0.4, 0.5) is 4.39 Å². The van der Waals surface area contributed by atoms with E-state index in [1.165, 1.54) is 18.2 Å². The zero-order valence-corrected chi connectivity index (χ0v) is 10.2. The van der Waals surface area contributed by atoms with Crippen LogP contribution in [0, 0.1) is 11.7 Å². The molecular weight excluding hydrogens is 249 g/mol. The Labute approximate surface area is 109 Å². The average Bonchev–Trinajstić information content (AvgIpc) is 3.03. The Morgan fingerprint density at radius 3 is 3.05 bits per heavy atom. The van der Waals surface area contributed by atoms with Crippen LogP contribution >= 0.6 is 0 Å². The zero-order chi connectivity index (χ0) is 13.6. The van der Waals surface area contributed by atoms with Crippen molar-refractivity contribution in [2.45, 2.75) is 12.0 Å². The number of benzene rings is 1. The van der Waals surface area contributed by atoms with Crippen molar-refractivity contribution in [2.24, 2.45) is 22.4 Å². The van der Waals surface area contributed by atoms with E-state index in [0.717, 1.165) is 0 Å². The van der Waals surface area contributed by atoms with E-state index in [-0.39, 0.29) is 18.1 Å². The summed E-state index contributed by atoms with van der Waals surface area (Å²) < 4.78 is 19.4. The SMILES string of the molecule is NC(=O)c1ccc(F)c([C@]23C[C@@H]2COCC(N)=N3)c1. The fourth-order valence-electron chi connectivity index (χ4n) is 2.65. The van der Waals surface area contributed by atoms with Gasteiger partial charge in [0.1, 0.15) is 18.3 Å². The van der Waals surface area contributed by atoms with E-state index in [9.17, 15) is 9.18 Å². The minimum atomic E-state index is -0.684. The Hall–Kier alpha value is -1.95. The number of amides is 1. The van der Waals surface area contributed by atoms with Gasteiger partial charge in [0.05, 0.1) is 12.1 Å². The Kier molecular flexibility index (Phi) is 2.56. The summed E-state index contributed by atoms with van der Waals surface area (Å²) in [4.78, 5) is 15.6. The van der Waals surface area contributed by atoms with Crippen LogP contribution in [0.3, 0.4) is 0 Å². The van der Waals surface area contributed by atoms with Crippen LogP contribution in [0.2, 0.25) is 0 Å². The molecule has 0 aromatic heterocycles. The van der Waals surface area contributed by atoms with Crippen LogP contribution in [-0.4, -0.2) is 25.0 Å². The number of fused-ring (bicyclic) bond motifs is 1. The van der Waals surface area contributed by atoms with E-state index in [0.29, 0.717) is 24.4 Å². The molecule has 1 aliphatic heterocycles. The molecule has 100 valence electrons. The molecule has 0 saturated heterocycles. The fourth-order valence-corrected chi connectivity index (χ4v) is 2.65. The second kappa shape index (κ2) is 4.03. The maximum absolute atomic E-state index is 14.0. The van der Waals surface area contributed by atoms with Crippen molar-refractivity contribution in [3.8, 4) is 0 Å². The van der Waals surface area contributed by atoms with Gasteiger partial charge in [-0.1, -0.05) is 0 Å². The number of aliphatic imine (C=N–C) groups is 1. The van der Waals surface area contributed by atoms with E-state index >= 15 is 0 Å². The molecule has 1 saturated carbocycles. The molecule has 19 heavy (non-hydrogen) atoms. The zero-order valence-electron chi connectivity index (χ0n) is 10.2. The first-order chi connectivity index (χ1) is 9.03. The Morgan fingerprint density at radius 2 is 2.32 bits per heavy atom. The molecule has 3 rings (SSSR count). The fraction of sp³-hybridized carbons (Fsp3) is 0.385. The number of hydrogen-bond donors (Lipinski definition) is 2. The first-order valence-electron chi connectivity index (χ1n) is 6.05. The van der Waals surface area contributed by atoms with Crippen LogP contribution in [0.1, 0.15) is 22.3 Å². The van der Waals surface area contributed by atoms with E-state index in [2.05, 4.69) is 4.99 Å². The molecule has 1 aliphatic carbocycles. The van der Waals surface area contributed by atoms with Crippen molar-refractivity contribution in [2.75, 3.05) is 13.2 Å². The number of hydrogen-bond acceptors (Lipinski definition) is 4. The van der Waals surface area contributed by atoms with E-state index < -0.39 is 17.3 Å². The predicted octanol–water partition coefficient (Wildman–Crippen LogP) is 0.527. The summed E-state index contributed by atoms with van der Waals surface area (Å²) >= 11 is 0. The number of rotatable bonds is 2. The minimum Gasteiger partial charge on any atom is -0.386 e. The highest BCUT2D eigenvalue weighted by atomic mass is 19.1. The molecule has 0 bridgehead atoms. The smallest absolute Gasteiger partial charge is 0.248 e. The van der Waals surface area contributed by atoms with Crippen molar-refractivity contribution in [1.82, 2.24) is 0 Å². The summed E-state index contributed by atoms with van der Waals surface area (Å²) in [5, 5.41) is 0. The summed E-state index contributed by atoms with van der Waals surface area (Å²) in [6.07, 6.45) is 0.673. The van der Waals surface area contributed by atoms with Gasteiger partial charge >= 0.3 is 0 Å². The van der Waals surface area contributed by atoms with E-state index in [1.54, 1.807) is 0 Å². The van der Waals surface area contributed by atoms with Crippen LogP contribution in [0.25, 0.3) is 0 Å². The summed E-state index contributed by atoms with van der Waals surface area (Å²) in [5.74, 6) is -0.530. The Bertz CT molecular complexity index is 587. The van der Waals surface area contributed by atoms with Crippen molar-refractivity contribution >= 4 is 11.7 Å².